The lowest BCUT2D eigenvalue weighted by atomic mass is 9.92. The Morgan fingerprint density at radius 2 is 2.29 bits per heavy atom. The smallest absolute Gasteiger partial charge is 0.205 e. The number of morpholine rings is 1. The van der Waals surface area contributed by atoms with Gasteiger partial charge in [-0.3, -0.25) is 0 Å². The van der Waals surface area contributed by atoms with Gasteiger partial charge in [0.2, 0.25) is 5.13 Å². The highest BCUT2D eigenvalue weighted by Crippen LogP contribution is 2.36. The molecule has 14 heavy (non-hydrogen) atoms. The van der Waals surface area contributed by atoms with Gasteiger partial charge in [-0.1, -0.05) is 6.92 Å². The molecule has 2 atom stereocenters. The fourth-order valence-corrected chi connectivity index (χ4v) is 3.04. The molecule has 2 saturated heterocycles. The average Bonchev–Trinajstić information content (AvgIpc) is 2.67. The number of rotatable bonds is 2. The topological polar surface area (TPSA) is 38.2 Å². The highest BCUT2D eigenvalue weighted by Gasteiger charge is 2.43. The van der Waals surface area contributed by atoms with Crippen LogP contribution in [0.4, 0.5) is 5.13 Å². The van der Waals surface area contributed by atoms with E-state index in [1.807, 2.05) is 0 Å². The third-order valence-electron chi connectivity index (χ3n) is 2.95. The lowest BCUT2D eigenvalue weighted by molar-refractivity contribution is 0.0103. The number of fused-ring (bicyclic) bond motifs is 2. The molecule has 0 N–H and O–H groups in total. The number of ether oxygens (including phenoxy) is 1. The van der Waals surface area contributed by atoms with E-state index in [0.29, 0.717) is 12.1 Å². The van der Waals surface area contributed by atoms with Crippen LogP contribution in [0.2, 0.25) is 0 Å². The standard InChI is InChI=1S/C9H13N3OS/c1-2-8-10-9(14-11-8)12-6-3-7(12)5-13-4-6/h6-7H,2-5H2,1H3. The van der Waals surface area contributed by atoms with Crippen molar-refractivity contribution in [1.82, 2.24) is 9.36 Å². The molecule has 76 valence electrons. The van der Waals surface area contributed by atoms with Crippen LogP contribution in [-0.2, 0) is 11.2 Å². The number of anilines is 1. The van der Waals surface area contributed by atoms with Crippen LogP contribution in [0.15, 0.2) is 0 Å². The molecule has 5 heteroatoms. The predicted molar refractivity (Wildman–Crippen MR) is 54.8 cm³/mol. The van der Waals surface area contributed by atoms with Crippen LogP contribution in [-0.4, -0.2) is 34.7 Å². The van der Waals surface area contributed by atoms with Crippen molar-refractivity contribution in [3.8, 4) is 0 Å². The van der Waals surface area contributed by atoms with E-state index in [2.05, 4.69) is 21.2 Å². The van der Waals surface area contributed by atoms with Crippen molar-refractivity contribution in [2.45, 2.75) is 31.8 Å². The number of hydrogen-bond donors (Lipinski definition) is 0. The zero-order chi connectivity index (χ0) is 9.54. The van der Waals surface area contributed by atoms with Crippen LogP contribution >= 0.6 is 11.5 Å². The lowest BCUT2D eigenvalue weighted by Gasteiger charge is -2.52. The Kier molecular flexibility index (Phi) is 1.95. The number of nitrogens with zero attached hydrogens (tertiary/aromatic N) is 3. The van der Waals surface area contributed by atoms with E-state index in [9.17, 15) is 0 Å². The van der Waals surface area contributed by atoms with E-state index < -0.39 is 0 Å². The summed E-state index contributed by atoms with van der Waals surface area (Å²) in [5, 5.41) is 1.09. The SMILES string of the molecule is CCc1nsc(N2C3COCC2C3)n1. The normalized spacial score (nSPS) is 30.2. The third-order valence-corrected chi connectivity index (χ3v) is 3.71. The number of hydrogen-bond acceptors (Lipinski definition) is 5. The lowest BCUT2D eigenvalue weighted by Crippen LogP contribution is -2.64. The minimum atomic E-state index is 0.561. The van der Waals surface area contributed by atoms with Crippen LogP contribution < -0.4 is 4.90 Å². The Balaban J connectivity index is 1.82. The Morgan fingerprint density at radius 3 is 2.86 bits per heavy atom. The van der Waals surface area contributed by atoms with E-state index in [-0.39, 0.29) is 0 Å². The first-order valence-corrected chi connectivity index (χ1v) is 5.84. The molecule has 0 aliphatic carbocycles. The van der Waals surface area contributed by atoms with Crippen molar-refractivity contribution in [3.05, 3.63) is 5.82 Å². The van der Waals surface area contributed by atoms with Gasteiger partial charge in [-0.2, -0.15) is 4.37 Å². The van der Waals surface area contributed by atoms with E-state index in [0.717, 1.165) is 30.6 Å². The second-order valence-corrected chi connectivity index (χ2v) is 4.57. The van der Waals surface area contributed by atoms with Crippen molar-refractivity contribution < 1.29 is 4.74 Å². The van der Waals surface area contributed by atoms with Crippen LogP contribution in [0.5, 0.6) is 0 Å². The summed E-state index contributed by atoms with van der Waals surface area (Å²) in [4.78, 5) is 6.89. The zero-order valence-electron chi connectivity index (χ0n) is 8.14. The quantitative estimate of drug-likeness (QED) is 0.733. The van der Waals surface area contributed by atoms with Gasteiger partial charge >= 0.3 is 0 Å². The first-order valence-electron chi connectivity index (χ1n) is 5.07. The van der Waals surface area contributed by atoms with Gasteiger partial charge in [0.15, 0.2) is 0 Å². The Labute approximate surface area is 87.1 Å². The highest BCUT2D eigenvalue weighted by molar-refractivity contribution is 7.09. The predicted octanol–water partition coefficient (Wildman–Crippen LogP) is 1.08. The van der Waals surface area contributed by atoms with E-state index in [1.54, 1.807) is 0 Å². The molecule has 2 fully saturated rings. The molecule has 0 aromatic carbocycles. The molecule has 3 rings (SSSR count). The van der Waals surface area contributed by atoms with Gasteiger partial charge in [0.05, 0.1) is 25.3 Å². The molecule has 3 heterocycles. The second-order valence-electron chi connectivity index (χ2n) is 3.83. The van der Waals surface area contributed by atoms with Gasteiger partial charge in [0.1, 0.15) is 5.82 Å². The molecule has 4 nitrogen and oxygen atoms in total. The van der Waals surface area contributed by atoms with Gasteiger partial charge in [-0.05, 0) is 6.42 Å². The molecule has 2 aliphatic rings. The summed E-state index contributed by atoms with van der Waals surface area (Å²) >= 11 is 1.52. The van der Waals surface area contributed by atoms with Crippen molar-refractivity contribution in [1.29, 1.82) is 0 Å². The summed E-state index contributed by atoms with van der Waals surface area (Å²) in [6, 6.07) is 1.12. The van der Waals surface area contributed by atoms with E-state index >= 15 is 0 Å². The minimum Gasteiger partial charge on any atom is -0.377 e. The highest BCUT2D eigenvalue weighted by atomic mass is 32.1. The van der Waals surface area contributed by atoms with Crippen molar-refractivity contribution in [2.75, 3.05) is 18.1 Å². The largest absolute Gasteiger partial charge is 0.377 e. The maximum absolute atomic E-state index is 5.43. The molecular weight excluding hydrogens is 198 g/mol. The summed E-state index contributed by atoms with van der Waals surface area (Å²) in [5.41, 5.74) is 0. The van der Waals surface area contributed by atoms with Crippen molar-refractivity contribution >= 4 is 16.7 Å². The Bertz CT molecular complexity index is 327. The molecular formula is C9H13N3OS. The second kappa shape index (κ2) is 3.17. The molecule has 2 bridgehead atoms. The summed E-state index contributed by atoms with van der Waals surface area (Å²) in [6.07, 6.45) is 2.19. The minimum absolute atomic E-state index is 0.561. The molecule has 0 spiro atoms. The monoisotopic (exact) mass is 211 g/mol. The van der Waals surface area contributed by atoms with Crippen molar-refractivity contribution in [3.63, 3.8) is 0 Å². The van der Waals surface area contributed by atoms with E-state index in [1.165, 1.54) is 18.0 Å². The van der Waals surface area contributed by atoms with Gasteiger partial charge < -0.3 is 9.64 Å². The summed E-state index contributed by atoms with van der Waals surface area (Å²) in [7, 11) is 0. The summed E-state index contributed by atoms with van der Waals surface area (Å²) in [6.45, 7) is 3.81. The van der Waals surface area contributed by atoms with Crippen LogP contribution in [0, 0.1) is 0 Å². The first-order chi connectivity index (χ1) is 6.88. The fourth-order valence-electron chi connectivity index (χ4n) is 2.14. The molecule has 1 aromatic heterocycles. The molecule has 0 saturated carbocycles. The maximum atomic E-state index is 5.43. The average molecular weight is 211 g/mol. The fraction of sp³-hybridized carbons (Fsp3) is 0.778. The van der Waals surface area contributed by atoms with Crippen molar-refractivity contribution in [2.24, 2.45) is 0 Å². The van der Waals surface area contributed by atoms with Gasteiger partial charge in [-0.15, -0.1) is 0 Å². The van der Waals surface area contributed by atoms with Gasteiger partial charge in [0, 0.05) is 18.0 Å². The van der Waals surface area contributed by atoms with Crippen LogP contribution in [0.25, 0.3) is 0 Å². The van der Waals surface area contributed by atoms with Crippen LogP contribution in [0.1, 0.15) is 19.2 Å². The molecule has 0 amide bonds. The zero-order valence-corrected chi connectivity index (χ0v) is 8.96. The molecule has 1 aromatic rings. The Hall–Kier alpha value is -0.680. The molecule has 0 radical (unpaired) electrons. The van der Waals surface area contributed by atoms with Crippen LogP contribution in [0.3, 0.4) is 0 Å². The molecule has 2 unspecified atom stereocenters. The summed E-state index contributed by atoms with van der Waals surface area (Å²) < 4.78 is 9.74. The van der Waals surface area contributed by atoms with E-state index in [4.69, 9.17) is 4.74 Å². The number of aromatic nitrogens is 2. The van der Waals surface area contributed by atoms with Gasteiger partial charge in [-0.25, -0.2) is 4.98 Å². The third kappa shape index (κ3) is 1.15. The molecule has 2 aliphatic heterocycles. The maximum Gasteiger partial charge on any atom is 0.205 e. The summed E-state index contributed by atoms with van der Waals surface area (Å²) in [5.74, 6) is 0.968. The number of aryl methyl sites for hydroxylation is 1. The van der Waals surface area contributed by atoms with Gasteiger partial charge in [0.25, 0.3) is 0 Å². The first kappa shape index (κ1) is 8.61. The Morgan fingerprint density at radius 1 is 1.50 bits per heavy atom.